The second-order valence-electron chi connectivity index (χ2n) is 5.68. The molecule has 0 unspecified atom stereocenters. The Kier molecular flexibility index (Phi) is 7.02. The van der Waals surface area contributed by atoms with E-state index in [-0.39, 0.29) is 24.8 Å². The summed E-state index contributed by atoms with van der Waals surface area (Å²) in [5.74, 6) is 0.936. The van der Waals surface area contributed by atoms with E-state index in [4.69, 9.17) is 9.47 Å². The normalized spacial score (nSPS) is 10.1. The molecule has 0 radical (unpaired) electrons. The first-order valence-corrected chi connectivity index (χ1v) is 8.41. The number of rotatable bonds is 8. The Hall–Kier alpha value is -3.02. The molecule has 0 aromatic heterocycles. The van der Waals surface area contributed by atoms with Crippen LogP contribution in [0.15, 0.2) is 48.5 Å². The first-order chi connectivity index (χ1) is 12.6. The van der Waals surface area contributed by atoms with Crippen LogP contribution >= 0.6 is 0 Å². The van der Waals surface area contributed by atoms with Crippen molar-refractivity contribution >= 4 is 17.5 Å². The lowest BCUT2D eigenvalue weighted by Gasteiger charge is -2.21. The summed E-state index contributed by atoms with van der Waals surface area (Å²) in [6, 6.07) is 14.5. The molecule has 1 N–H and O–H groups in total. The standard InChI is InChI=1S/C20H24N2O4/c1-4-22(20(24)12-15-8-5-6-11-18(15)26-3)14-19(23)21-16-9-7-10-17(13-16)25-2/h5-11,13H,4,12,14H2,1-3H3,(H,21,23). The molecule has 0 spiro atoms. The van der Waals surface area contributed by atoms with Gasteiger partial charge in [-0.05, 0) is 25.1 Å². The molecule has 0 aliphatic carbocycles. The molecule has 138 valence electrons. The van der Waals surface area contributed by atoms with Crippen molar-refractivity contribution < 1.29 is 19.1 Å². The smallest absolute Gasteiger partial charge is 0.243 e. The Balaban J connectivity index is 1.98. The van der Waals surface area contributed by atoms with Crippen LogP contribution in [0.25, 0.3) is 0 Å². The lowest BCUT2D eigenvalue weighted by atomic mass is 10.1. The number of likely N-dealkylation sites (N-methyl/N-ethyl adjacent to an activating group) is 1. The summed E-state index contributed by atoms with van der Waals surface area (Å²) in [5.41, 5.74) is 1.43. The summed E-state index contributed by atoms with van der Waals surface area (Å²) in [4.78, 5) is 26.4. The second-order valence-corrected chi connectivity index (χ2v) is 5.68. The van der Waals surface area contributed by atoms with E-state index in [0.717, 1.165) is 5.56 Å². The van der Waals surface area contributed by atoms with Crippen molar-refractivity contribution in [2.45, 2.75) is 13.3 Å². The lowest BCUT2D eigenvalue weighted by Crippen LogP contribution is -2.38. The maximum absolute atomic E-state index is 12.6. The number of para-hydroxylation sites is 1. The molecule has 0 atom stereocenters. The van der Waals surface area contributed by atoms with E-state index < -0.39 is 0 Å². The maximum atomic E-state index is 12.6. The molecule has 2 amide bonds. The van der Waals surface area contributed by atoms with E-state index in [2.05, 4.69) is 5.32 Å². The van der Waals surface area contributed by atoms with Gasteiger partial charge in [-0.3, -0.25) is 9.59 Å². The van der Waals surface area contributed by atoms with Crippen molar-refractivity contribution in [3.63, 3.8) is 0 Å². The van der Waals surface area contributed by atoms with E-state index in [9.17, 15) is 9.59 Å². The molecule has 6 nitrogen and oxygen atoms in total. The zero-order valence-electron chi connectivity index (χ0n) is 15.3. The van der Waals surface area contributed by atoms with Crippen LogP contribution in [0.4, 0.5) is 5.69 Å². The zero-order chi connectivity index (χ0) is 18.9. The Morgan fingerprint density at radius 2 is 1.81 bits per heavy atom. The number of nitrogens with one attached hydrogen (secondary N) is 1. The topological polar surface area (TPSA) is 67.9 Å². The van der Waals surface area contributed by atoms with Gasteiger partial charge in [0.1, 0.15) is 11.5 Å². The number of hydrogen-bond acceptors (Lipinski definition) is 4. The third-order valence-corrected chi connectivity index (χ3v) is 3.96. The number of carbonyl (C=O) groups excluding carboxylic acids is 2. The quantitative estimate of drug-likeness (QED) is 0.790. The van der Waals surface area contributed by atoms with E-state index in [1.165, 1.54) is 4.90 Å². The Bertz CT molecular complexity index is 761. The number of benzene rings is 2. The van der Waals surface area contributed by atoms with Gasteiger partial charge in [-0.15, -0.1) is 0 Å². The minimum Gasteiger partial charge on any atom is -0.497 e. The third-order valence-electron chi connectivity index (χ3n) is 3.96. The minimum atomic E-state index is -0.256. The van der Waals surface area contributed by atoms with Crippen LogP contribution in [0, 0.1) is 0 Å². The summed E-state index contributed by atoms with van der Waals surface area (Å²) in [5, 5.41) is 2.79. The molecule has 2 aromatic rings. The Morgan fingerprint density at radius 1 is 1.04 bits per heavy atom. The van der Waals surface area contributed by atoms with Gasteiger partial charge in [0.2, 0.25) is 11.8 Å². The van der Waals surface area contributed by atoms with Crippen LogP contribution in [0.5, 0.6) is 11.5 Å². The SMILES string of the molecule is CCN(CC(=O)Nc1cccc(OC)c1)C(=O)Cc1ccccc1OC. The monoisotopic (exact) mass is 356 g/mol. The average molecular weight is 356 g/mol. The highest BCUT2D eigenvalue weighted by Crippen LogP contribution is 2.19. The van der Waals surface area contributed by atoms with Crippen molar-refractivity contribution in [2.24, 2.45) is 0 Å². The van der Waals surface area contributed by atoms with E-state index >= 15 is 0 Å². The summed E-state index contributed by atoms with van der Waals surface area (Å²) in [6.07, 6.45) is 0.185. The van der Waals surface area contributed by atoms with Gasteiger partial charge in [0.05, 0.1) is 27.2 Å². The van der Waals surface area contributed by atoms with Gasteiger partial charge in [0, 0.05) is 23.9 Å². The van der Waals surface area contributed by atoms with Gasteiger partial charge in [-0.25, -0.2) is 0 Å². The molecule has 0 bridgehead atoms. The number of carbonyl (C=O) groups is 2. The fraction of sp³-hybridized carbons (Fsp3) is 0.300. The van der Waals surface area contributed by atoms with E-state index in [1.807, 2.05) is 31.2 Å². The van der Waals surface area contributed by atoms with Crippen molar-refractivity contribution in [2.75, 3.05) is 32.6 Å². The largest absolute Gasteiger partial charge is 0.497 e. The summed E-state index contributed by atoms with van der Waals surface area (Å²) >= 11 is 0. The lowest BCUT2D eigenvalue weighted by molar-refractivity contribution is -0.133. The molecule has 0 aliphatic rings. The summed E-state index contributed by atoms with van der Waals surface area (Å²) in [7, 11) is 3.14. The fourth-order valence-electron chi connectivity index (χ4n) is 2.57. The van der Waals surface area contributed by atoms with E-state index in [1.54, 1.807) is 38.5 Å². The molecular formula is C20H24N2O4. The molecule has 0 saturated carbocycles. The molecular weight excluding hydrogens is 332 g/mol. The van der Waals surface area contributed by atoms with Crippen LogP contribution in [-0.4, -0.2) is 44.0 Å². The highest BCUT2D eigenvalue weighted by Gasteiger charge is 2.17. The zero-order valence-corrected chi connectivity index (χ0v) is 15.3. The third kappa shape index (κ3) is 5.24. The van der Waals surface area contributed by atoms with Gasteiger partial charge in [-0.2, -0.15) is 0 Å². The molecule has 2 aromatic carbocycles. The molecule has 0 saturated heterocycles. The molecule has 6 heteroatoms. The van der Waals surface area contributed by atoms with Crippen molar-refractivity contribution in [1.82, 2.24) is 4.90 Å². The van der Waals surface area contributed by atoms with Gasteiger partial charge >= 0.3 is 0 Å². The first-order valence-electron chi connectivity index (χ1n) is 8.41. The van der Waals surface area contributed by atoms with E-state index in [0.29, 0.717) is 23.7 Å². The first kappa shape index (κ1) is 19.3. The van der Waals surface area contributed by atoms with Crippen molar-refractivity contribution in [3.8, 4) is 11.5 Å². The number of anilines is 1. The minimum absolute atomic E-state index is 0.0122. The number of amides is 2. The van der Waals surface area contributed by atoms with Crippen LogP contribution in [0.2, 0.25) is 0 Å². The average Bonchev–Trinajstić information content (AvgIpc) is 2.66. The number of ether oxygens (including phenoxy) is 2. The summed E-state index contributed by atoms with van der Waals surface area (Å²) < 4.78 is 10.4. The number of methoxy groups -OCH3 is 2. The molecule has 2 rings (SSSR count). The Labute approximate surface area is 153 Å². The predicted molar refractivity (Wildman–Crippen MR) is 101 cm³/mol. The summed E-state index contributed by atoms with van der Waals surface area (Å²) in [6.45, 7) is 2.28. The van der Waals surface area contributed by atoms with Crippen LogP contribution in [-0.2, 0) is 16.0 Å². The maximum Gasteiger partial charge on any atom is 0.243 e. The molecule has 0 aliphatic heterocycles. The fourth-order valence-corrected chi connectivity index (χ4v) is 2.57. The highest BCUT2D eigenvalue weighted by atomic mass is 16.5. The molecule has 0 heterocycles. The predicted octanol–water partition coefficient (Wildman–Crippen LogP) is 2.73. The van der Waals surface area contributed by atoms with Gasteiger partial charge in [0.15, 0.2) is 0 Å². The van der Waals surface area contributed by atoms with Crippen LogP contribution in [0.3, 0.4) is 0 Å². The Morgan fingerprint density at radius 3 is 2.50 bits per heavy atom. The van der Waals surface area contributed by atoms with Gasteiger partial charge in [0.25, 0.3) is 0 Å². The second kappa shape index (κ2) is 9.46. The number of hydrogen-bond donors (Lipinski definition) is 1. The van der Waals surface area contributed by atoms with Crippen LogP contribution in [0.1, 0.15) is 12.5 Å². The van der Waals surface area contributed by atoms with Crippen molar-refractivity contribution in [3.05, 3.63) is 54.1 Å². The highest BCUT2D eigenvalue weighted by molar-refractivity contribution is 5.95. The molecule has 0 fully saturated rings. The molecule has 26 heavy (non-hydrogen) atoms. The van der Waals surface area contributed by atoms with Crippen LogP contribution < -0.4 is 14.8 Å². The van der Waals surface area contributed by atoms with Gasteiger partial charge < -0.3 is 19.7 Å². The van der Waals surface area contributed by atoms with Crippen molar-refractivity contribution in [1.29, 1.82) is 0 Å². The number of nitrogens with zero attached hydrogens (tertiary/aromatic N) is 1. The van der Waals surface area contributed by atoms with Gasteiger partial charge in [-0.1, -0.05) is 24.3 Å².